The second kappa shape index (κ2) is 12.6. The van der Waals surface area contributed by atoms with Crippen molar-refractivity contribution in [2.45, 2.75) is 44.8 Å². The Labute approximate surface area is 250 Å². The average molecular weight is 578 g/mol. The van der Waals surface area contributed by atoms with Gasteiger partial charge in [-0.2, -0.15) is 0 Å². The molecule has 0 amide bonds. The van der Waals surface area contributed by atoms with E-state index in [1.807, 2.05) is 72.8 Å². The van der Waals surface area contributed by atoms with Crippen molar-refractivity contribution in [1.82, 2.24) is 9.55 Å². The summed E-state index contributed by atoms with van der Waals surface area (Å²) in [5, 5.41) is 18.7. The monoisotopic (exact) mass is 577 g/mol. The molecule has 0 saturated heterocycles. The lowest BCUT2D eigenvalue weighted by atomic mass is 9.95. The Bertz CT molecular complexity index is 1720. The Kier molecular flexibility index (Phi) is 8.29. The summed E-state index contributed by atoms with van der Waals surface area (Å²) >= 11 is 0. The van der Waals surface area contributed by atoms with Gasteiger partial charge in [0.15, 0.2) is 0 Å². The summed E-state index contributed by atoms with van der Waals surface area (Å²) in [4.78, 5) is 16.5. The summed E-state index contributed by atoms with van der Waals surface area (Å²) in [5.74, 6) is 1.26. The molecule has 220 valence electrons. The molecule has 8 nitrogen and oxygen atoms in total. The molecular weight excluding hydrogens is 542 g/mol. The van der Waals surface area contributed by atoms with Crippen LogP contribution in [0.1, 0.15) is 54.1 Å². The summed E-state index contributed by atoms with van der Waals surface area (Å²) in [6.07, 6.45) is 5.75. The van der Waals surface area contributed by atoms with Crippen LogP contribution in [0.3, 0.4) is 0 Å². The fourth-order valence-corrected chi connectivity index (χ4v) is 5.89. The molecular formula is C35H35N3O5. The molecule has 0 aliphatic heterocycles. The van der Waals surface area contributed by atoms with Crippen molar-refractivity contribution in [1.29, 1.82) is 0 Å². The van der Waals surface area contributed by atoms with Crippen LogP contribution >= 0.6 is 0 Å². The number of fused-ring (bicyclic) bond motifs is 1. The number of carboxylic acid groups (broad SMARTS) is 1. The van der Waals surface area contributed by atoms with Gasteiger partial charge in [0.2, 0.25) is 0 Å². The highest BCUT2D eigenvalue weighted by molar-refractivity contribution is 5.93. The molecule has 1 aliphatic rings. The van der Waals surface area contributed by atoms with Crippen LogP contribution in [-0.2, 0) is 6.61 Å². The number of benzene rings is 4. The third-order valence-electron chi connectivity index (χ3n) is 8.04. The number of nitrogens with zero attached hydrogens (tertiary/aromatic N) is 2. The number of nitrogens with two attached hydrogens (primary N) is 1. The molecule has 0 radical (unpaired) electrons. The van der Waals surface area contributed by atoms with E-state index >= 15 is 0 Å². The zero-order valence-electron chi connectivity index (χ0n) is 23.9. The Morgan fingerprint density at radius 2 is 1.58 bits per heavy atom. The van der Waals surface area contributed by atoms with Crippen LogP contribution in [0.15, 0.2) is 84.9 Å². The molecule has 5 aromatic rings. The fourth-order valence-electron chi connectivity index (χ4n) is 5.89. The smallest absolute Gasteiger partial charge is 0.335 e. The number of anilines is 1. The second-order valence-electron chi connectivity index (χ2n) is 10.9. The van der Waals surface area contributed by atoms with Crippen LogP contribution < -0.4 is 15.2 Å². The van der Waals surface area contributed by atoms with Crippen molar-refractivity contribution in [2.24, 2.45) is 0 Å². The van der Waals surface area contributed by atoms with Crippen LogP contribution in [0.4, 0.5) is 5.69 Å². The molecule has 6 rings (SSSR count). The van der Waals surface area contributed by atoms with Crippen LogP contribution in [0, 0.1) is 0 Å². The molecule has 4 aromatic carbocycles. The van der Waals surface area contributed by atoms with Gasteiger partial charge >= 0.3 is 5.97 Å². The number of nitrogen functional groups attached to an aromatic ring is 1. The van der Waals surface area contributed by atoms with Gasteiger partial charge in [0.1, 0.15) is 30.5 Å². The van der Waals surface area contributed by atoms with E-state index in [4.69, 9.17) is 20.2 Å². The van der Waals surface area contributed by atoms with Crippen molar-refractivity contribution in [3.05, 3.63) is 96.1 Å². The zero-order chi connectivity index (χ0) is 29.8. The number of aliphatic hydroxyl groups is 1. The number of imidazole rings is 1. The zero-order valence-corrected chi connectivity index (χ0v) is 23.9. The number of aromatic nitrogens is 2. The molecule has 1 saturated carbocycles. The van der Waals surface area contributed by atoms with Crippen LogP contribution in [0.25, 0.3) is 33.5 Å². The molecule has 4 N–H and O–H groups in total. The summed E-state index contributed by atoms with van der Waals surface area (Å²) < 4.78 is 14.2. The fraction of sp³-hybridized carbons (Fsp3) is 0.257. The van der Waals surface area contributed by atoms with Crippen molar-refractivity contribution in [2.75, 3.05) is 18.9 Å². The number of aliphatic hydroxyl groups excluding tert-OH is 1. The largest absolute Gasteiger partial charge is 0.491 e. The molecule has 0 unspecified atom stereocenters. The second-order valence-corrected chi connectivity index (χ2v) is 10.9. The average Bonchev–Trinajstić information content (AvgIpc) is 3.43. The Morgan fingerprint density at radius 1 is 0.860 bits per heavy atom. The maximum Gasteiger partial charge on any atom is 0.335 e. The maximum absolute atomic E-state index is 11.6. The predicted molar refractivity (Wildman–Crippen MR) is 167 cm³/mol. The number of ether oxygens (including phenoxy) is 2. The van der Waals surface area contributed by atoms with Crippen molar-refractivity contribution < 1.29 is 24.5 Å². The number of carbonyl (C=O) groups is 1. The van der Waals surface area contributed by atoms with E-state index in [-0.39, 0.29) is 18.8 Å². The number of carboxylic acids is 1. The van der Waals surface area contributed by atoms with Crippen molar-refractivity contribution in [3.8, 4) is 34.0 Å². The van der Waals surface area contributed by atoms with Gasteiger partial charge in [-0.05, 0) is 90.7 Å². The van der Waals surface area contributed by atoms with Crippen LogP contribution in [0.5, 0.6) is 11.5 Å². The first-order valence-electron chi connectivity index (χ1n) is 14.7. The minimum atomic E-state index is -0.956. The van der Waals surface area contributed by atoms with Gasteiger partial charge in [0.05, 0.1) is 23.2 Å². The van der Waals surface area contributed by atoms with E-state index in [1.165, 1.54) is 19.3 Å². The molecule has 8 heteroatoms. The Balaban J connectivity index is 1.28. The van der Waals surface area contributed by atoms with E-state index in [1.54, 1.807) is 12.1 Å². The molecule has 1 aromatic heterocycles. The van der Waals surface area contributed by atoms with E-state index in [0.29, 0.717) is 35.4 Å². The van der Waals surface area contributed by atoms with Gasteiger partial charge in [0, 0.05) is 22.9 Å². The standard InChI is InChI=1S/C35H35N3O5/c36-27-11-6-23(7-12-27)31-16-15-30(42-19-18-39)20-26(31)22-43-29-13-8-24(9-14-29)34-37-32-21-25(35(40)41)10-17-33(32)38(34)28-4-2-1-3-5-28/h6-17,20-21,28,39H,1-5,18-19,22,36H2,(H,40,41). The minimum Gasteiger partial charge on any atom is -0.491 e. The SMILES string of the molecule is Nc1ccc(-c2ccc(OCCO)cc2COc2ccc(-c3nc4cc(C(=O)O)ccc4n3C3CCCCC3)cc2)cc1. The first-order valence-corrected chi connectivity index (χ1v) is 14.7. The van der Waals surface area contributed by atoms with Crippen molar-refractivity contribution >= 4 is 22.7 Å². The van der Waals surface area contributed by atoms with E-state index in [9.17, 15) is 15.0 Å². The number of hydrogen-bond acceptors (Lipinski definition) is 6. The Hall–Kier alpha value is -4.82. The molecule has 0 atom stereocenters. The molecule has 1 aliphatic carbocycles. The summed E-state index contributed by atoms with van der Waals surface area (Å²) in [7, 11) is 0. The molecule has 1 heterocycles. The minimum absolute atomic E-state index is 0.0623. The molecule has 1 fully saturated rings. The topological polar surface area (TPSA) is 120 Å². The molecule has 0 bridgehead atoms. The normalized spacial score (nSPS) is 13.7. The first-order chi connectivity index (χ1) is 21.0. The maximum atomic E-state index is 11.6. The summed E-state index contributed by atoms with van der Waals surface area (Å²) in [6, 6.07) is 27.0. The molecule has 0 spiro atoms. The highest BCUT2D eigenvalue weighted by atomic mass is 16.5. The van der Waals surface area contributed by atoms with Crippen LogP contribution in [-0.4, -0.2) is 38.9 Å². The van der Waals surface area contributed by atoms with Gasteiger partial charge in [-0.3, -0.25) is 0 Å². The van der Waals surface area contributed by atoms with E-state index < -0.39 is 5.97 Å². The first kappa shape index (κ1) is 28.3. The van der Waals surface area contributed by atoms with Gasteiger partial charge < -0.3 is 30.0 Å². The molecule has 43 heavy (non-hydrogen) atoms. The summed E-state index contributed by atoms with van der Waals surface area (Å²) in [6.45, 7) is 0.466. The third kappa shape index (κ3) is 6.20. The van der Waals surface area contributed by atoms with Crippen molar-refractivity contribution in [3.63, 3.8) is 0 Å². The van der Waals surface area contributed by atoms with E-state index in [0.717, 1.165) is 46.4 Å². The Morgan fingerprint density at radius 3 is 2.30 bits per heavy atom. The highest BCUT2D eigenvalue weighted by Gasteiger charge is 2.23. The lowest BCUT2D eigenvalue weighted by Gasteiger charge is -2.25. The van der Waals surface area contributed by atoms with E-state index in [2.05, 4.69) is 4.57 Å². The quantitative estimate of drug-likeness (QED) is 0.151. The lowest BCUT2D eigenvalue weighted by molar-refractivity contribution is 0.0697. The number of rotatable bonds is 10. The lowest BCUT2D eigenvalue weighted by Crippen LogP contribution is -2.14. The van der Waals surface area contributed by atoms with Gasteiger partial charge in [-0.15, -0.1) is 0 Å². The number of hydrogen-bond donors (Lipinski definition) is 3. The van der Waals surface area contributed by atoms with Crippen LogP contribution in [0.2, 0.25) is 0 Å². The van der Waals surface area contributed by atoms with Gasteiger partial charge in [0.25, 0.3) is 0 Å². The number of aromatic carboxylic acids is 1. The predicted octanol–water partition coefficient (Wildman–Crippen LogP) is 7.11. The third-order valence-corrected chi connectivity index (χ3v) is 8.04. The summed E-state index contributed by atoms with van der Waals surface area (Å²) in [5.41, 5.74) is 12.4. The van der Waals surface area contributed by atoms with Gasteiger partial charge in [-0.1, -0.05) is 37.5 Å². The van der Waals surface area contributed by atoms with Gasteiger partial charge in [-0.25, -0.2) is 9.78 Å². The highest BCUT2D eigenvalue weighted by Crippen LogP contribution is 2.37.